The fraction of sp³-hybridized carbons (Fsp3) is 0.300. The van der Waals surface area contributed by atoms with Gasteiger partial charge < -0.3 is 9.88 Å². The van der Waals surface area contributed by atoms with Crippen LogP contribution in [0.15, 0.2) is 29.1 Å². The van der Waals surface area contributed by atoms with Crippen LogP contribution in [0, 0.1) is 0 Å². The molecule has 0 amide bonds. The van der Waals surface area contributed by atoms with Gasteiger partial charge in [-0.2, -0.15) is 0 Å². The van der Waals surface area contributed by atoms with Crippen molar-refractivity contribution in [2.75, 3.05) is 5.32 Å². The average Bonchev–Trinajstić information content (AvgIpc) is 2.64. The molecule has 6 heteroatoms. The Morgan fingerprint density at radius 1 is 1.44 bits per heavy atom. The van der Waals surface area contributed by atoms with Crippen LogP contribution < -0.4 is 5.32 Å². The molecule has 0 radical (unpaired) electrons. The van der Waals surface area contributed by atoms with Crippen molar-refractivity contribution in [2.24, 2.45) is 7.05 Å². The molecule has 1 unspecified atom stereocenters. The fourth-order valence-electron chi connectivity index (χ4n) is 1.46. The molecule has 2 rings (SSSR count). The summed E-state index contributed by atoms with van der Waals surface area (Å²) in [5, 5.41) is 11.2. The highest BCUT2D eigenvalue weighted by atomic mass is 79.9. The Kier molecular flexibility index (Phi) is 3.19. The van der Waals surface area contributed by atoms with Gasteiger partial charge in [0.15, 0.2) is 5.82 Å². The molecule has 0 aliphatic rings. The summed E-state index contributed by atoms with van der Waals surface area (Å²) < 4.78 is 2.69. The number of halogens is 1. The number of hydrogen-bond acceptors (Lipinski definition) is 4. The van der Waals surface area contributed by atoms with E-state index in [0.717, 1.165) is 16.2 Å². The minimum Gasteiger partial charge on any atom is -0.360 e. The van der Waals surface area contributed by atoms with E-state index < -0.39 is 0 Å². The number of nitrogens with zero attached hydrogens (tertiary/aromatic N) is 4. The Bertz CT molecular complexity index is 482. The largest absolute Gasteiger partial charge is 0.360 e. The van der Waals surface area contributed by atoms with E-state index in [0.29, 0.717) is 0 Å². The Labute approximate surface area is 102 Å². The van der Waals surface area contributed by atoms with Crippen molar-refractivity contribution in [3.63, 3.8) is 0 Å². The summed E-state index contributed by atoms with van der Waals surface area (Å²) in [6, 6.07) is 5.80. The molecule has 1 atom stereocenters. The maximum Gasteiger partial charge on any atom is 0.154 e. The normalized spacial score (nSPS) is 12.4. The molecule has 0 spiro atoms. The third-order valence-corrected chi connectivity index (χ3v) is 2.65. The third kappa shape index (κ3) is 2.38. The number of pyridine rings is 1. The van der Waals surface area contributed by atoms with Crippen molar-refractivity contribution in [1.29, 1.82) is 0 Å². The lowest BCUT2D eigenvalue weighted by Crippen LogP contribution is -2.12. The van der Waals surface area contributed by atoms with Gasteiger partial charge in [-0.15, -0.1) is 10.2 Å². The smallest absolute Gasteiger partial charge is 0.154 e. The van der Waals surface area contributed by atoms with Gasteiger partial charge in [-0.3, -0.25) is 0 Å². The van der Waals surface area contributed by atoms with Crippen molar-refractivity contribution in [3.8, 4) is 0 Å². The molecule has 84 valence electrons. The van der Waals surface area contributed by atoms with Crippen LogP contribution in [-0.4, -0.2) is 19.7 Å². The van der Waals surface area contributed by atoms with Gasteiger partial charge in [0.05, 0.1) is 6.04 Å². The first-order chi connectivity index (χ1) is 7.66. The molecule has 1 N–H and O–H groups in total. The monoisotopic (exact) mass is 281 g/mol. The van der Waals surface area contributed by atoms with Gasteiger partial charge in [0.1, 0.15) is 16.7 Å². The summed E-state index contributed by atoms with van der Waals surface area (Å²) >= 11 is 3.33. The molecule has 2 aromatic rings. The van der Waals surface area contributed by atoms with E-state index in [2.05, 4.69) is 36.4 Å². The Hall–Kier alpha value is -1.43. The maximum atomic E-state index is 4.30. The molecule has 16 heavy (non-hydrogen) atoms. The number of anilines is 1. The Morgan fingerprint density at radius 3 is 2.88 bits per heavy atom. The molecule has 0 aromatic carbocycles. The van der Waals surface area contributed by atoms with Crippen LogP contribution in [0.4, 0.5) is 5.82 Å². The van der Waals surface area contributed by atoms with Crippen LogP contribution in [-0.2, 0) is 7.05 Å². The Morgan fingerprint density at radius 2 is 2.25 bits per heavy atom. The van der Waals surface area contributed by atoms with Crippen LogP contribution in [0.2, 0.25) is 0 Å². The molecule has 0 aliphatic heterocycles. The van der Waals surface area contributed by atoms with Crippen LogP contribution in [0.1, 0.15) is 18.8 Å². The second kappa shape index (κ2) is 4.61. The van der Waals surface area contributed by atoms with Crippen LogP contribution in [0.25, 0.3) is 0 Å². The van der Waals surface area contributed by atoms with Crippen molar-refractivity contribution in [1.82, 2.24) is 19.7 Å². The number of hydrogen-bond donors (Lipinski definition) is 1. The molecular weight excluding hydrogens is 270 g/mol. The van der Waals surface area contributed by atoms with Crippen molar-refractivity contribution in [3.05, 3.63) is 35.0 Å². The van der Waals surface area contributed by atoms with E-state index in [4.69, 9.17) is 0 Å². The molecule has 2 heterocycles. The second-order valence-corrected chi connectivity index (χ2v) is 4.32. The topological polar surface area (TPSA) is 55.6 Å². The van der Waals surface area contributed by atoms with Crippen LogP contribution in [0.3, 0.4) is 0 Å². The standard InChI is InChI=1S/C10H12BrN5/c1-7(10-15-12-6-16(10)2)13-9-5-3-4-8(11)14-9/h3-7H,1-2H3,(H,13,14). The Balaban J connectivity index is 2.14. The van der Waals surface area contributed by atoms with E-state index in [-0.39, 0.29) is 6.04 Å². The predicted molar refractivity (Wildman–Crippen MR) is 65.0 cm³/mol. The van der Waals surface area contributed by atoms with Gasteiger partial charge in [0, 0.05) is 7.05 Å². The second-order valence-electron chi connectivity index (χ2n) is 3.51. The first-order valence-corrected chi connectivity index (χ1v) is 5.69. The molecule has 5 nitrogen and oxygen atoms in total. The quantitative estimate of drug-likeness (QED) is 0.876. The van der Waals surface area contributed by atoms with Crippen LogP contribution in [0.5, 0.6) is 0 Å². The maximum absolute atomic E-state index is 4.30. The number of rotatable bonds is 3. The zero-order valence-electron chi connectivity index (χ0n) is 9.05. The number of aromatic nitrogens is 4. The van der Waals surface area contributed by atoms with E-state index in [9.17, 15) is 0 Å². The van der Waals surface area contributed by atoms with Gasteiger partial charge in [-0.1, -0.05) is 6.07 Å². The van der Waals surface area contributed by atoms with Gasteiger partial charge in [-0.25, -0.2) is 4.98 Å². The number of aryl methyl sites for hydroxylation is 1. The highest BCUT2D eigenvalue weighted by Gasteiger charge is 2.11. The van der Waals surface area contributed by atoms with Crippen molar-refractivity contribution >= 4 is 21.7 Å². The lowest BCUT2D eigenvalue weighted by molar-refractivity contribution is 0.716. The minimum absolute atomic E-state index is 0.0642. The van der Waals surface area contributed by atoms with Gasteiger partial charge in [0.2, 0.25) is 0 Å². The fourth-order valence-corrected chi connectivity index (χ4v) is 1.80. The molecule has 0 saturated carbocycles. The van der Waals surface area contributed by atoms with E-state index in [1.54, 1.807) is 6.33 Å². The summed E-state index contributed by atoms with van der Waals surface area (Å²) in [6.07, 6.45) is 1.68. The molecular formula is C10H12BrN5. The summed E-state index contributed by atoms with van der Waals surface area (Å²) in [5.41, 5.74) is 0. The summed E-state index contributed by atoms with van der Waals surface area (Å²) in [4.78, 5) is 4.30. The summed E-state index contributed by atoms with van der Waals surface area (Å²) in [6.45, 7) is 2.02. The van der Waals surface area contributed by atoms with Crippen molar-refractivity contribution < 1.29 is 0 Å². The number of nitrogens with one attached hydrogen (secondary N) is 1. The zero-order chi connectivity index (χ0) is 11.5. The molecule has 0 fully saturated rings. The van der Waals surface area contributed by atoms with E-state index in [1.165, 1.54) is 0 Å². The summed E-state index contributed by atoms with van der Waals surface area (Å²) in [7, 11) is 1.92. The first-order valence-electron chi connectivity index (χ1n) is 4.90. The molecule has 0 bridgehead atoms. The average molecular weight is 282 g/mol. The van der Waals surface area contributed by atoms with Crippen LogP contribution >= 0.6 is 15.9 Å². The summed E-state index contributed by atoms with van der Waals surface area (Å²) in [5.74, 6) is 1.69. The zero-order valence-corrected chi connectivity index (χ0v) is 10.6. The van der Waals surface area contributed by atoms with Crippen molar-refractivity contribution in [2.45, 2.75) is 13.0 Å². The van der Waals surface area contributed by atoms with E-state index in [1.807, 2.05) is 36.7 Å². The van der Waals surface area contributed by atoms with E-state index >= 15 is 0 Å². The van der Waals surface area contributed by atoms with Gasteiger partial charge in [-0.05, 0) is 35.0 Å². The third-order valence-electron chi connectivity index (χ3n) is 2.21. The van der Waals surface area contributed by atoms with Gasteiger partial charge in [0.25, 0.3) is 0 Å². The molecule has 0 saturated heterocycles. The first kappa shape index (κ1) is 11.1. The minimum atomic E-state index is 0.0642. The predicted octanol–water partition coefficient (Wildman–Crippen LogP) is 2.15. The van der Waals surface area contributed by atoms with Gasteiger partial charge >= 0.3 is 0 Å². The SMILES string of the molecule is CC(Nc1cccc(Br)n1)c1nncn1C. The lowest BCUT2D eigenvalue weighted by atomic mass is 10.3. The highest BCUT2D eigenvalue weighted by Crippen LogP contribution is 2.16. The lowest BCUT2D eigenvalue weighted by Gasteiger charge is -2.13. The molecule has 2 aromatic heterocycles. The molecule has 0 aliphatic carbocycles. The highest BCUT2D eigenvalue weighted by molar-refractivity contribution is 9.10.